The molecule has 0 atom stereocenters. The molecule has 0 amide bonds. The Morgan fingerprint density at radius 1 is 1.04 bits per heavy atom. The second-order valence-corrected chi connectivity index (χ2v) is 6.92. The quantitative estimate of drug-likeness (QED) is 0.611. The smallest absolute Gasteiger partial charge is 0.165 e. The van der Waals surface area contributed by atoms with Crippen LogP contribution < -0.4 is 4.74 Å². The summed E-state index contributed by atoms with van der Waals surface area (Å²) in [5.41, 5.74) is 2.23. The van der Waals surface area contributed by atoms with Crippen molar-refractivity contribution in [1.29, 1.82) is 0 Å². The van der Waals surface area contributed by atoms with Crippen LogP contribution in [0.5, 0.6) is 5.75 Å². The van der Waals surface area contributed by atoms with Crippen LogP contribution in [-0.2, 0) is 6.54 Å². The molecule has 0 saturated carbocycles. The van der Waals surface area contributed by atoms with E-state index in [4.69, 9.17) is 17.0 Å². The fraction of sp³-hybridized carbons (Fsp3) is 0.286. The molecule has 0 bridgehead atoms. The van der Waals surface area contributed by atoms with Gasteiger partial charge in [-0.05, 0) is 31.0 Å². The Bertz CT molecular complexity index is 931. The van der Waals surface area contributed by atoms with E-state index in [2.05, 4.69) is 27.8 Å². The maximum Gasteiger partial charge on any atom is 0.165 e. The Morgan fingerprint density at radius 2 is 1.77 bits per heavy atom. The van der Waals surface area contributed by atoms with Crippen molar-refractivity contribution in [3.05, 3.63) is 66.1 Å². The molecule has 1 saturated heterocycles. The van der Waals surface area contributed by atoms with Crippen molar-refractivity contribution < 1.29 is 9.13 Å². The monoisotopic (exact) mass is 368 g/mol. The van der Waals surface area contributed by atoms with Gasteiger partial charge >= 0.3 is 0 Å². The van der Waals surface area contributed by atoms with E-state index in [-0.39, 0.29) is 11.6 Å². The van der Waals surface area contributed by atoms with Crippen LogP contribution in [0.25, 0.3) is 10.9 Å². The minimum atomic E-state index is -0.333. The van der Waals surface area contributed by atoms with Crippen molar-refractivity contribution >= 4 is 28.1 Å². The lowest BCUT2D eigenvalue weighted by Crippen LogP contribution is -2.26. The van der Waals surface area contributed by atoms with Crippen molar-refractivity contribution in [3.63, 3.8) is 0 Å². The molecule has 26 heavy (non-hydrogen) atoms. The number of fused-ring (bicyclic) bond motifs is 1. The Labute approximate surface area is 158 Å². The molecule has 0 radical (unpaired) electrons. The van der Waals surface area contributed by atoms with Crippen molar-refractivity contribution in [2.75, 3.05) is 19.7 Å². The number of hydrogen-bond donors (Lipinski definition) is 0. The first kappa shape index (κ1) is 17.0. The van der Waals surface area contributed by atoms with E-state index < -0.39 is 0 Å². The van der Waals surface area contributed by atoms with Gasteiger partial charge in [-0.1, -0.05) is 42.5 Å². The molecule has 1 aliphatic rings. The number of halogens is 1. The highest BCUT2D eigenvalue weighted by Gasteiger charge is 2.20. The number of hydrogen-bond acceptors (Lipinski definition) is 2. The zero-order chi connectivity index (χ0) is 17.9. The maximum atomic E-state index is 13.7. The average molecular weight is 368 g/mol. The molecule has 3 nitrogen and oxygen atoms in total. The first-order valence-electron chi connectivity index (χ1n) is 8.98. The van der Waals surface area contributed by atoms with E-state index >= 15 is 0 Å². The molecule has 0 N–H and O–H groups in total. The minimum Gasteiger partial charge on any atom is -0.489 e. The second-order valence-electron chi connectivity index (χ2n) is 6.53. The number of likely N-dealkylation sites (tertiary alicyclic amines) is 1. The van der Waals surface area contributed by atoms with Gasteiger partial charge in [-0.25, -0.2) is 4.39 Å². The Morgan fingerprint density at radius 3 is 2.58 bits per heavy atom. The van der Waals surface area contributed by atoms with Gasteiger partial charge < -0.3 is 14.2 Å². The Kier molecular flexibility index (Phi) is 4.89. The molecule has 0 unspecified atom stereocenters. The maximum absolute atomic E-state index is 13.7. The molecule has 1 aliphatic heterocycles. The normalized spacial score (nSPS) is 14.1. The summed E-state index contributed by atoms with van der Waals surface area (Å²) in [6.07, 6.45) is 4.51. The van der Waals surface area contributed by atoms with Crippen LogP contribution in [0.3, 0.4) is 0 Å². The molecule has 134 valence electrons. The third kappa shape index (κ3) is 3.31. The number of rotatable bonds is 5. The van der Waals surface area contributed by atoms with Gasteiger partial charge in [0.15, 0.2) is 11.6 Å². The highest BCUT2D eigenvalue weighted by molar-refractivity contribution is 7.80. The van der Waals surface area contributed by atoms with Gasteiger partial charge in [-0.3, -0.25) is 0 Å². The van der Waals surface area contributed by atoms with Crippen LogP contribution in [0.2, 0.25) is 0 Å². The van der Waals surface area contributed by atoms with Gasteiger partial charge in [0.1, 0.15) is 11.6 Å². The Balaban J connectivity index is 1.55. The molecule has 1 aromatic heterocycles. The number of benzene rings is 2. The molecular weight excluding hydrogens is 347 g/mol. The molecule has 2 aromatic carbocycles. The van der Waals surface area contributed by atoms with E-state index in [1.54, 1.807) is 18.2 Å². The van der Waals surface area contributed by atoms with Gasteiger partial charge in [0, 0.05) is 35.8 Å². The van der Waals surface area contributed by atoms with Gasteiger partial charge in [-0.2, -0.15) is 0 Å². The zero-order valence-corrected chi connectivity index (χ0v) is 15.3. The fourth-order valence-electron chi connectivity index (χ4n) is 3.51. The lowest BCUT2D eigenvalue weighted by Gasteiger charge is -2.17. The largest absolute Gasteiger partial charge is 0.489 e. The predicted molar refractivity (Wildman–Crippen MR) is 106 cm³/mol. The summed E-state index contributed by atoms with van der Waals surface area (Å²) in [5, 5.41) is 1.16. The van der Waals surface area contributed by atoms with Gasteiger partial charge in [0.05, 0.1) is 6.54 Å². The van der Waals surface area contributed by atoms with Crippen molar-refractivity contribution in [2.24, 2.45) is 0 Å². The topological polar surface area (TPSA) is 17.4 Å². The summed E-state index contributed by atoms with van der Waals surface area (Å²) in [7, 11) is 0. The van der Waals surface area contributed by atoms with Crippen LogP contribution in [0.4, 0.5) is 4.39 Å². The van der Waals surface area contributed by atoms with Crippen LogP contribution in [-0.4, -0.2) is 34.2 Å². The van der Waals surface area contributed by atoms with Gasteiger partial charge in [-0.15, -0.1) is 0 Å². The Hall–Kier alpha value is -2.40. The predicted octanol–water partition coefficient (Wildman–Crippen LogP) is 4.63. The van der Waals surface area contributed by atoms with Crippen molar-refractivity contribution in [1.82, 2.24) is 9.47 Å². The number of thiocarbonyl (C=S) groups is 1. The molecule has 0 aliphatic carbocycles. The van der Waals surface area contributed by atoms with Crippen molar-refractivity contribution in [3.8, 4) is 5.75 Å². The van der Waals surface area contributed by atoms with E-state index in [1.165, 1.54) is 18.9 Å². The lowest BCUT2D eigenvalue weighted by atomic mass is 10.1. The number of aromatic nitrogens is 1. The first-order valence-corrected chi connectivity index (χ1v) is 9.39. The molecule has 0 spiro atoms. The van der Waals surface area contributed by atoms with Crippen LogP contribution in [0.1, 0.15) is 18.4 Å². The van der Waals surface area contributed by atoms with E-state index in [0.29, 0.717) is 13.2 Å². The highest BCUT2D eigenvalue weighted by atomic mass is 32.1. The third-order valence-corrected chi connectivity index (χ3v) is 5.32. The highest BCUT2D eigenvalue weighted by Crippen LogP contribution is 2.25. The number of nitrogens with zero attached hydrogens (tertiary/aromatic N) is 2. The van der Waals surface area contributed by atoms with E-state index in [9.17, 15) is 4.39 Å². The lowest BCUT2D eigenvalue weighted by molar-refractivity contribution is 0.286. The standard InChI is InChI=1S/C21H21FN2OS/c22-18-8-2-4-10-20(18)25-14-13-24-15-17(16-7-1-3-9-19(16)24)21(26)23-11-5-6-12-23/h1-4,7-10,15H,5-6,11-14H2. The summed E-state index contributed by atoms with van der Waals surface area (Å²) >= 11 is 5.76. The molecule has 2 heterocycles. The summed E-state index contributed by atoms with van der Waals surface area (Å²) in [4.78, 5) is 3.21. The van der Waals surface area contributed by atoms with Crippen LogP contribution >= 0.6 is 12.2 Å². The zero-order valence-electron chi connectivity index (χ0n) is 14.5. The van der Waals surface area contributed by atoms with Gasteiger partial charge in [0.25, 0.3) is 0 Å². The van der Waals surface area contributed by atoms with E-state index in [1.807, 2.05) is 12.1 Å². The molecule has 5 heteroatoms. The summed E-state index contributed by atoms with van der Waals surface area (Å²) < 4.78 is 21.5. The first-order chi connectivity index (χ1) is 12.7. The molecular formula is C21H21FN2OS. The summed E-state index contributed by atoms with van der Waals surface area (Å²) in [6.45, 7) is 3.11. The van der Waals surface area contributed by atoms with Crippen LogP contribution in [0, 0.1) is 5.82 Å². The second kappa shape index (κ2) is 7.46. The molecule has 1 fully saturated rings. The van der Waals surface area contributed by atoms with E-state index in [0.717, 1.165) is 34.5 Å². The minimum absolute atomic E-state index is 0.289. The average Bonchev–Trinajstić information content (AvgIpc) is 3.31. The number of ether oxygens (including phenoxy) is 1. The number of para-hydroxylation sites is 2. The fourth-order valence-corrected chi connectivity index (χ4v) is 3.85. The molecule has 4 rings (SSSR count). The SMILES string of the molecule is Fc1ccccc1OCCn1cc(C(=S)N2CCCC2)c2ccccc21. The van der Waals surface area contributed by atoms with Crippen molar-refractivity contribution in [2.45, 2.75) is 19.4 Å². The summed E-state index contributed by atoms with van der Waals surface area (Å²) in [5.74, 6) is -0.0439. The van der Waals surface area contributed by atoms with Crippen LogP contribution in [0.15, 0.2) is 54.7 Å². The third-order valence-electron chi connectivity index (χ3n) is 4.84. The van der Waals surface area contributed by atoms with Gasteiger partial charge in [0.2, 0.25) is 0 Å². The molecule has 3 aromatic rings. The summed E-state index contributed by atoms with van der Waals surface area (Å²) in [6, 6.07) is 14.8.